The van der Waals surface area contributed by atoms with Crippen LogP contribution in [0.3, 0.4) is 0 Å². The van der Waals surface area contributed by atoms with Crippen LogP contribution in [-0.2, 0) is 24.5 Å². The maximum Gasteiger partial charge on any atom is 0.149 e. The number of fused-ring (bicyclic) bond motifs is 1. The highest BCUT2D eigenvalue weighted by molar-refractivity contribution is 7.90. The summed E-state index contributed by atoms with van der Waals surface area (Å²) in [5.74, 6) is -1.07. The first-order chi connectivity index (χ1) is 13.7. The Balaban J connectivity index is 1.78. The third-order valence-corrected chi connectivity index (χ3v) is 6.45. The second-order valence-electron chi connectivity index (χ2n) is 8.84. The molecule has 3 aromatic rings. The van der Waals surface area contributed by atoms with Crippen molar-refractivity contribution in [2.75, 3.05) is 0 Å². The highest BCUT2D eigenvalue weighted by Gasteiger charge is 2.34. The molecule has 154 valence electrons. The maximum absolute atomic E-state index is 15.0. The molecule has 0 saturated heterocycles. The van der Waals surface area contributed by atoms with E-state index in [4.69, 9.17) is 0 Å². The number of rotatable bonds is 6. The van der Waals surface area contributed by atoms with Crippen molar-refractivity contribution in [3.05, 3.63) is 53.9 Å². The van der Waals surface area contributed by atoms with Crippen molar-refractivity contribution in [1.29, 1.82) is 0 Å². The maximum atomic E-state index is 15.0. The van der Waals surface area contributed by atoms with Crippen LogP contribution in [0.1, 0.15) is 39.2 Å². The van der Waals surface area contributed by atoms with Crippen LogP contribution < -0.4 is 4.72 Å². The Bertz CT molecular complexity index is 1040. The van der Waals surface area contributed by atoms with E-state index in [1.165, 1.54) is 24.4 Å². The second kappa shape index (κ2) is 7.70. The van der Waals surface area contributed by atoms with Crippen LogP contribution in [0.2, 0.25) is 0 Å². The van der Waals surface area contributed by atoms with Crippen LogP contribution in [0.15, 0.2) is 36.7 Å². The summed E-state index contributed by atoms with van der Waals surface area (Å²) in [6.45, 7) is 7.49. The van der Waals surface area contributed by atoms with Gasteiger partial charge in [0, 0.05) is 59.6 Å². The molecule has 2 aromatic heterocycles. The Morgan fingerprint density at radius 2 is 2.00 bits per heavy atom. The first kappa shape index (κ1) is 20.3. The molecule has 0 aliphatic heterocycles. The van der Waals surface area contributed by atoms with Gasteiger partial charge in [-0.2, -0.15) is 0 Å². The molecule has 1 saturated carbocycles. The van der Waals surface area contributed by atoms with Gasteiger partial charge in [0.2, 0.25) is 0 Å². The van der Waals surface area contributed by atoms with Crippen molar-refractivity contribution < 1.29 is 13.3 Å². The average molecular weight is 418 g/mol. The molecule has 1 aliphatic rings. The minimum absolute atomic E-state index is 0.00171. The fourth-order valence-corrected chi connectivity index (χ4v) is 4.58. The summed E-state index contributed by atoms with van der Waals surface area (Å²) in [5, 5.41) is 0.973. The van der Waals surface area contributed by atoms with E-state index in [1.807, 2.05) is 6.20 Å². The summed E-state index contributed by atoms with van der Waals surface area (Å²) in [6, 6.07) is 5.88. The molecule has 1 fully saturated rings. The normalized spacial score (nSPS) is 15.8. The third kappa shape index (κ3) is 4.47. The monoisotopic (exact) mass is 417 g/mol. The van der Waals surface area contributed by atoms with Gasteiger partial charge in [0.15, 0.2) is 0 Å². The van der Waals surface area contributed by atoms with Gasteiger partial charge in [0.1, 0.15) is 22.6 Å². The van der Waals surface area contributed by atoms with Crippen molar-refractivity contribution in [3.63, 3.8) is 0 Å². The van der Waals surface area contributed by atoms with Crippen LogP contribution >= 0.6 is 0 Å². The van der Waals surface area contributed by atoms with Gasteiger partial charge in [-0.15, -0.1) is 4.72 Å². The van der Waals surface area contributed by atoms with Crippen molar-refractivity contribution in [2.45, 2.75) is 52.0 Å². The second-order valence-corrected chi connectivity index (χ2v) is 10.4. The van der Waals surface area contributed by atoms with E-state index in [1.54, 1.807) is 6.07 Å². The van der Waals surface area contributed by atoms with Crippen molar-refractivity contribution >= 4 is 22.3 Å². The van der Waals surface area contributed by atoms with E-state index in [-0.39, 0.29) is 21.9 Å². The standard InChI is InChI=1S/C22H25F2N3OS/c1-22(2,3)13-27-12-14(11-26-29(28)15-6-7-15)16-9-19(24)17(10-20(16)27)21-18(23)5-4-8-25-21/h4-5,8-10,12,15,26H,6-7,11,13H2,1-3H3. The fourth-order valence-electron chi connectivity index (χ4n) is 3.48. The third-order valence-electron chi connectivity index (χ3n) is 4.94. The van der Waals surface area contributed by atoms with Crippen molar-refractivity contribution in [1.82, 2.24) is 14.3 Å². The Labute approximate surface area is 172 Å². The molecule has 1 atom stereocenters. The smallest absolute Gasteiger partial charge is 0.149 e. The molecule has 1 aliphatic carbocycles. The summed E-state index contributed by atoms with van der Waals surface area (Å²) in [7, 11) is 0. The number of benzene rings is 1. The van der Waals surface area contributed by atoms with Gasteiger partial charge in [-0.3, -0.25) is 4.98 Å². The summed E-state index contributed by atoms with van der Waals surface area (Å²) < 4.78 is 46.5. The summed E-state index contributed by atoms with van der Waals surface area (Å²) in [4.78, 5) is 4.04. The first-order valence-electron chi connectivity index (χ1n) is 9.79. The molecule has 0 spiro atoms. The molecule has 1 aromatic carbocycles. The number of aromatic nitrogens is 2. The van der Waals surface area contributed by atoms with E-state index in [0.29, 0.717) is 13.1 Å². The van der Waals surface area contributed by atoms with Crippen LogP contribution in [-0.4, -0.2) is 19.4 Å². The molecule has 0 bridgehead atoms. The lowest BCUT2D eigenvalue weighted by Crippen LogP contribution is -2.26. The van der Waals surface area contributed by atoms with Crippen LogP contribution in [0.5, 0.6) is 0 Å². The van der Waals surface area contributed by atoms with Crippen molar-refractivity contribution in [3.8, 4) is 11.3 Å². The minimum Gasteiger partial charge on any atom is -0.598 e. The van der Waals surface area contributed by atoms with Crippen LogP contribution in [0, 0.1) is 17.0 Å². The van der Waals surface area contributed by atoms with Gasteiger partial charge in [0.05, 0.1) is 6.54 Å². The zero-order valence-corrected chi connectivity index (χ0v) is 17.7. The Morgan fingerprint density at radius 1 is 1.24 bits per heavy atom. The number of halogens is 2. The number of pyridine rings is 1. The molecule has 2 heterocycles. The zero-order chi connectivity index (χ0) is 20.8. The Morgan fingerprint density at radius 3 is 2.66 bits per heavy atom. The van der Waals surface area contributed by atoms with Crippen LogP contribution in [0.4, 0.5) is 8.78 Å². The molecule has 0 radical (unpaired) electrons. The summed E-state index contributed by atoms with van der Waals surface area (Å²) >= 11 is -1.07. The van der Waals surface area contributed by atoms with Gasteiger partial charge >= 0.3 is 0 Å². The number of hydrogen-bond acceptors (Lipinski definition) is 3. The van der Waals surface area contributed by atoms with E-state index in [2.05, 4.69) is 35.0 Å². The molecular formula is C22H25F2N3OS. The molecule has 7 heteroatoms. The lowest BCUT2D eigenvalue weighted by atomic mass is 9.97. The highest BCUT2D eigenvalue weighted by Crippen LogP contribution is 2.33. The lowest BCUT2D eigenvalue weighted by molar-refractivity contribution is 0.349. The zero-order valence-electron chi connectivity index (χ0n) is 16.8. The van der Waals surface area contributed by atoms with Gasteiger partial charge in [0.25, 0.3) is 0 Å². The molecule has 0 amide bonds. The quantitative estimate of drug-likeness (QED) is 0.578. The number of hydrogen-bond donors (Lipinski definition) is 1. The molecule has 4 rings (SSSR count). The Hall–Kier alpha value is -1.96. The van der Waals surface area contributed by atoms with E-state index in [0.717, 1.165) is 29.3 Å². The van der Waals surface area contributed by atoms with Crippen LogP contribution in [0.25, 0.3) is 22.2 Å². The largest absolute Gasteiger partial charge is 0.598 e. The first-order valence-corrected chi connectivity index (χ1v) is 11.0. The predicted molar refractivity (Wildman–Crippen MR) is 113 cm³/mol. The van der Waals surface area contributed by atoms with E-state index in [9.17, 15) is 13.3 Å². The fraction of sp³-hybridized carbons (Fsp3) is 0.409. The molecule has 1 unspecified atom stereocenters. The van der Waals surface area contributed by atoms with Crippen molar-refractivity contribution in [2.24, 2.45) is 5.41 Å². The van der Waals surface area contributed by atoms with E-state index >= 15 is 0 Å². The highest BCUT2D eigenvalue weighted by atomic mass is 32.2. The summed E-state index contributed by atoms with van der Waals surface area (Å²) in [5.41, 5.74) is 1.84. The molecule has 29 heavy (non-hydrogen) atoms. The van der Waals surface area contributed by atoms with Gasteiger partial charge in [-0.1, -0.05) is 20.8 Å². The topological polar surface area (TPSA) is 52.9 Å². The Kier molecular flexibility index (Phi) is 5.40. The number of nitrogens with one attached hydrogen (secondary N) is 1. The minimum atomic E-state index is -1.07. The predicted octanol–water partition coefficient (Wildman–Crippen LogP) is 4.94. The average Bonchev–Trinajstić information content (AvgIpc) is 3.44. The summed E-state index contributed by atoms with van der Waals surface area (Å²) in [6.07, 6.45) is 5.40. The van der Waals surface area contributed by atoms with Gasteiger partial charge < -0.3 is 9.12 Å². The molecular weight excluding hydrogens is 392 g/mol. The van der Waals surface area contributed by atoms with Gasteiger partial charge in [-0.05, 0) is 35.2 Å². The molecule has 1 N–H and O–H groups in total. The number of nitrogens with zero attached hydrogens (tertiary/aromatic N) is 2. The van der Waals surface area contributed by atoms with Gasteiger partial charge in [-0.25, -0.2) is 8.78 Å². The SMILES string of the molecule is CC(C)(C)Cn1cc(CN[S+]([O-])C2CC2)c2cc(F)c(-c3ncccc3F)cc21. The molecule has 4 nitrogen and oxygen atoms in total. The lowest BCUT2D eigenvalue weighted by Gasteiger charge is -2.20. The van der Waals surface area contributed by atoms with E-state index < -0.39 is 23.0 Å².